The second-order valence-corrected chi connectivity index (χ2v) is 11.5. The number of amides is 1. The third-order valence-corrected chi connectivity index (χ3v) is 8.85. The van der Waals surface area contributed by atoms with Crippen LogP contribution in [0.3, 0.4) is 0 Å². The van der Waals surface area contributed by atoms with Gasteiger partial charge >= 0.3 is 6.09 Å². The quantitative estimate of drug-likeness (QED) is 0.313. The van der Waals surface area contributed by atoms with E-state index in [-0.39, 0.29) is 12.3 Å². The van der Waals surface area contributed by atoms with E-state index in [4.69, 9.17) is 9.47 Å². The van der Waals surface area contributed by atoms with Gasteiger partial charge in [0, 0.05) is 38.0 Å². The summed E-state index contributed by atoms with van der Waals surface area (Å²) in [6, 6.07) is 0.626. The number of hydrogen-bond acceptors (Lipinski definition) is 7. The molecule has 2 saturated heterocycles. The minimum Gasteiger partial charge on any atom is -0.475 e. The van der Waals surface area contributed by atoms with Crippen LogP contribution in [0.2, 0.25) is 0 Å². The van der Waals surface area contributed by atoms with Gasteiger partial charge in [0.25, 0.3) is 5.88 Å². The standard InChI is InChI=1S/C27H46N5O3S/c1-4-5-6-10-20-34-26-25(28-36-29-26)23-12-11-19-32(3,21-23)22(2)35-27(33)31-17-13-24(14-18-31)30-15-8-7-9-16-30/h12,22,24H,4-11,13-21H2,1-3H3/q+1/t22-,32?/m1/s1. The lowest BCUT2D eigenvalue weighted by molar-refractivity contribution is -0.944. The molecule has 3 aliphatic heterocycles. The normalized spacial score (nSPS) is 24.9. The number of aromatic nitrogens is 2. The fourth-order valence-corrected chi connectivity index (χ4v) is 6.29. The van der Waals surface area contributed by atoms with Crippen LogP contribution in [0.5, 0.6) is 5.88 Å². The molecule has 2 atom stereocenters. The molecule has 9 heteroatoms. The first kappa shape index (κ1) is 27.3. The highest BCUT2D eigenvalue weighted by Crippen LogP contribution is 2.32. The van der Waals surface area contributed by atoms with Gasteiger partial charge in [-0.1, -0.05) is 38.7 Å². The fraction of sp³-hybridized carbons (Fsp3) is 0.815. The Bertz CT molecular complexity index is 863. The van der Waals surface area contributed by atoms with E-state index >= 15 is 0 Å². The molecule has 1 aromatic rings. The van der Waals surface area contributed by atoms with E-state index in [0.717, 1.165) is 63.1 Å². The average Bonchev–Trinajstić information content (AvgIpc) is 3.38. The molecule has 4 heterocycles. The van der Waals surface area contributed by atoms with Crippen molar-refractivity contribution in [1.29, 1.82) is 0 Å². The van der Waals surface area contributed by atoms with Crippen molar-refractivity contribution in [3.05, 3.63) is 11.8 Å². The van der Waals surface area contributed by atoms with Gasteiger partial charge in [-0.15, -0.1) is 4.37 Å². The number of likely N-dealkylation sites (tertiary alicyclic amines) is 2. The van der Waals surface area contributed by atoms with Crippen LogP contribution in [-0.2, 0) is 4.74 Å². The van der Waals surface area contributed by atoms with E-state index in [2.05, 4.69) is 33.7 Å². The van der Waals surface area contributed by atoms with Crippen molar-refractivity contribution >= 4 is 23.4 Å². The summed E-state index contributed by atoms with van der Waals surface area (Å²) in [5.74, 6) is 0.650. The predicted octanol–water partition coefficient (Wildman–Crippen LogP) is 5.16. The molecule has 0 saturated carbocycles. The summed E-state index contributed by atoms with van der Waals surface area (Å²) in [5, 5.41) is 0. The highest BCUT2D eigenvalue weighted by molar-refractivity contribution is 6.99. The van der Waals surface area contributed by atoms with E-state index in [9.17, 15) is 4.79 Å². The number of hydrogen-bond donors (Lipinski definition) is 0. The number of ether oxygens (including phenoxy) is 2. The zero-order chi connectivity index (χ0) is 25.4. The van der Waals surface area contributed by atoms with Crippen molar-refractivity contribution in [2.45, 2.75) is 90.3 Å². The summed E-state index contributed by atoms with van der Waals surface area (Å²) in [5.41, 5.74) is 2.00. The Labute approximate surface area is 221 Å². The highest BCUT2D eigenvalue weighted by atomic mass is 32.1. The fourth-order valence-electron chi connectivity index (χ4n) is 5.76. The van der Waals surface area contributed by atoms with Crippen LogP contribution < -0.4 is 4.74 Å². The van der Waals surface area contributed by atoms with Gasteiger partial charge in [0.05, 0.1) is 31.9 Å². The number of carbonyl (C=O) groups excluding carboxylic acids is 1. The van der Waals surface area contributed by atoms with E-state index in [0.29, 0.717) is 23.0 Å². The smallest absolute Gasteiger partial charge is 0.414 e. The summed E-state index contributed by atoms with van der Waals surface area (Å²) in [7, 11) is 2.18. The Morgan fingerprint density at radius 2 is 1.92 bits per heavy atom. The van der Waals surface area contributed by atoms with E-state index in [1.807, 2.05) is 11.8 Å². The van der Waals surface area contributed by atoms with Crippen LogP contribution in [-0.4, -0.2) is 94.3 Å². The van der Waals surface area contributed by atoms with Crippen molar-refractivity contribution in [1.82, 2.24) is 18.5 Å². The number of nitrogens with zero attached hydrogens (tertiary/aromatic N) is 5. The first-order chi connectivity index (χ1) is 17.5. The van der Waals surface area contributed by atoms with Crippen molar-refractivity contribution < 1.29 is 18.8 Å². The number of likely N-dealkylation sites (N-methyl/N-ethyl adjacent to an activating group) is 1. The number of rotatable bonds is 10. The molecule has 0 aromatic carbocycles. The van der Waals surface area contributed by atoms with Gasteiger partial charge in [0.1, 0.15) is 12.2 Å². The lowest BCUT2D eigenvalue weighted by Crippen LogP contribution is -2.56. The molecule has 3 aliphatic rings. The first-order valence-corrected chi connectivity index (χ1v) is 14.9. The molecule has 2 fully saturated rings. The van der Waals surface area contributed by atoms with E-state index < -0.39 is 0 Å². The maximum Gasteiger partial charge on any atom is 0.414 e. The molecular weight excluding hydrogens is 474 g/mol. The highest BCUT2D eigenvalue weighted by Gasteiger charge is 2.38. The van der Waals surface area contributed by atoms with Gasteiger partial charge < -0.3 is 19.3 Å². The molecule has 36 heavy (non-hydrogen) atoms. The lowest BCUT2D eigenvalue weighted by Gasteiger charge is -2.43. The molecule has 0 bridgehead atoms. The molecule has 1 unspecified atom stereocenters. The van der Waals surface area contributed by atoms with Crippen LogP contribution in [0.25, 0.3) is 5.57 Å². The van der Waals surface area contributed by atoms with Crippen molar-refractivity contribution in [2.75, 3.05) is 52.9 Å². The van der Waals surface area contributed by atoms with Crippen LogP contribution in [0.1, 0.15) is 83.7 Å². The second-order valence-electron chi connectivity index (χ2n) is 11.0. The Kier molecular flexibility index (Phi) is 10.0. The summed E-state index contributed by atoms with van der Waals surface area (Å²) < 4.78 is 21.7. The first-order valence-electron chi connectivity index (χ1n) is 14.2. The molecule has 1 amide bonds. The Morgan fingerprint density at radius 3 is 2.67 bits per heavy atom. The van der Waals surface area contributed by atoms with E-state index in [1.165, 1.54) is 63.3 Å². The second kappa shape index (κ2) is 13.2. The Balaban J connectivity index is 1.27. The monoisotopic (exact) mass is 520 g/mol. The topological polar surface area (TPSA) is 67.8 Å². The van der Waals surface area contributed by atoms with Gasteiger partial charge in [-0.25, -0.2) is 4.79 Å². The maximum atomic E-state index is 13.1. The zero-order valence-electron chi connectivity index (χ0n) is 22.6. The molecule has 8 nitrogen and oxygen atoms in total. The minimum atomic E-state index is -0.231. The third kappa shape index (κ3) is 6.98. The number of piperidine rings is 2. The Morgan fingerprint density at radius 1 is 1.14 bits per heavy atom. The maximum absolute atomic E-state index is 13.1. The van der Waals surface area contributed by atoms with Crippen molar-refractivity contribution in [3.8, 4) is 5.88 Å². The number of carbonyl (C=O) groups is 1. The molecule has 0 radical (unpaired) electrons. The SMILES string of the molecule is CCCCCCOc1nsnc1C1=CCC[N+](C)([C@@H](C)OC(=O)N2CCC(N3CCCCC3)CC2)C1. The summed E-state index contributed by atoms with van der Waals surface area (Å²) in [6.45, 7) is 10.6. The number of unbranched alkanes of at least 4 members (excludes halogenated alkanes) is 3. The van der Waals surface area contributed by atoms with Crippen LogP contribution in [0.4, 0.5) is 4.79 Å². The van der Waals surface area contributed by atoms with Gasteiger partial charge in [0.2, 0.25) is 6.23 Å². The largest absolute Gasteiger partial charge is 0.475 e. The third-order valence-electron chi connectivity index (χ3n) is 8.34. The molecule has 4 rings (SSSR count). The molecule has 0 aliphatic carbocycles. The Hall–Kier alpha value is -1.71. The van der Waals surface area contributed by atoms with Gasteiger partial charge in [-0.3, -0.25) is 4.48 Å². The molecule has 0 spiro atoms. The van der Waals surface area contributed by atoms with Gasteiger partial charge in [0.15, 0.2) is 0 Å². The molecule has 1 aromatic heterocycles. The van der Waals surface area contributed by atoms with Gasteiger partial charge in [-0.05, 0) is 45.2 Å². The molecular formula is C27H46N5O3S+. The summed E-state index contributed by atoms with van der Waals surface area (Å²) in [4.78, 5) is 17.6. The minimum absolute atomic E-state index is 0.165. The summed E-state index contributed by atoms with van der Waals surface area (Å²) >= 11 is 1.21. The average molecular weight is 521 g/mol. The van der Waals surface area contributed by atoms with Crippen molar-refractivity contribution in [3.63, 3.8) is 0 Å². The lowest BCUT2D eigenvalue weighted by atomic mass is 10.0. The van der Waals surface area contributed by atoms with Crippen LogP contribution in [0, 0.1) is 0 Å². The van der Waals surface area contributed by atoms with Crippen LogP contribution >= 0.6 is 11.7 Å². The van der Waals surface area contributed by atoms with Crippen molar-refractivity contribution in [2.24, 2.45) is 0 Å². The van der Waals surface area contributed by atoms with E-state index in [1.54, 1.807) is 0 Å². The molecule has 0 N–H and O–H groups in total. The van der Waals surface area contributed by atoms with Crippen LogP contribution in [0.15, 0.2) is 6.08 Å². The van der Waals surface area contributed by atoms with Gasteiger partial charge in [-0.2, -0.15) is 4.37 Å². The molecule has 202 valence electrons. The predicted molar refractivity (Wildman–Crippen MR) is 144 cm³/mol. The zero-order valence-corrected chi connectivity index (χ0v) is 23.4. The number of quaternary nitrogens is 1. The summed E-state index contributed by atoms with van der Waals surface area (Å²) in [6.07, 6.45) is 13.6.